The maximum absolute atomic E-state index is 12.7. The first-order valence-corrected chi connectivity index (χ1v) is 10.6. The zero-order valence-corrected chi connectivity index (χ0v) is 19.2. The van der Waals surface area contributed by atoms with E-state index in [4.69, 9.17) is 9.47 Å². The van der Waals surface area contributed by atoms with Crippen LogP contribution in [0.2, 0.25) is 0 Å². The van der Waals surface area contributed by atoms with Crippen LogP contribution in [0.4, 0.5) is 4.79 Å². The van der Waals surface area contributed by atoms with Gasteiger partial charge in [-0.15, -0.1) is 0 Å². The van der Waals surface area contributed by atoms with E-state index in [2.05, 4.69) is 37.2 Å². The number of carbonyl (C=O) groups is 3. The number of nitrogens with zero attached hydrogens (tertiary/aromatic N) is 1. The topological polar surface area (TPSA) is 84.9 Å². The van der Waals surface area contributed by atoms with Crippen molar-refractivity contribution in [2.45, 2.75) is 13.5 Å². The van der Waals surface area contributed by atoms with Crippen LogP contribution < -0.4 is 10.1 Å². The van der Waals surface area contributed by atoms with Crippen LogP contribution in [0.1, 0.15) is 18.1 Å². The van der Waals surface area contributed by atoms with Gasteiger partial charge in [0, 0.05) is 0 Å². The van der Waals surface area contributed by atoms with Gasteiger partial charge in [-0.1, -0.05) is 30.3 Å². The van der Waals surface area contributed by atoms with Crippen LogP contribution in [-0.2, 0) is 20.9 Å². The molecule has 1 heterocycles. The van der Waals surface area contributed by atoms with Gasteiger partial charge in [0.2, 0.25) is 0 Å². The number of esters is 1. The first kappa shape index (κ1) is 22.0. The summed E-state index contributed by atoms with van der Waals surface area (Å²) in [5, 5.41) is 2.61. The molecule has 0 atom stereocenters. The molecular weight excluding hydrogens is 520 g/mol. The summed E-state index contributed by atoms with van der Waals surface area (Å²) in [6, 6.07) is 12.3. The van der Waals surface area contributed by atoms with Crippen molar-refractivity contribution in [3.63, 3.8) is 0 Å². The van der Waals surface area contributed by atoms with Crippen LogP contribution in [-0.4, -0.2) is 36.0 Å². The third kappa shape index (κ3) is 5.28. The zero-order valence-electron chi connectivity index (χ0n) is 16.0. The lowest BCUT2D eigenvalue weighted by molar-refractivity contribution is -0.145. The average molecular weight is 538 g/mol. The molecule has 0 saturated carbocycles. The van der Waals surface area contributed by atoms with Crippen molar-refractivity contribution in [1.82, 2.24) is 10.2 Å². The minimum Gasteiger partial charge on any atom is -0.480 e. The molecule has 0 radical (unpaired) electrons. The number of nitrogens with one attached hydrogen (secondary N) is 1. The number of imide groups is 1. The Morgan fingerprint density at radius 1 is 1.13 bits per heavy atom. The number of halogens is 2. The molecule has 0 unspecified atom stereocenters. The monoisotopic (exact) mass is 536 g/mol. The Kier molecular flexibility index (Phi) is 7.28. The maximum Gasteiger partial charge on any atom is 0.344 e. The van der Waals surface area contributed by atoms with Crippen molar-refractivity contribution in [3.05, 3.63) is 68.2 Å². The average Bonchev–Trinajstić information content (AvgIpc) is 2.96. The van der Waals surface area contributed by atoms with Crippen molar-refractivity contribution in [2.24, 2.45) is 0 Å². The van der Waals surface area contributed by atoms with E-state index in [1.807, 2.05) is 30.3 Å². The minimum atomic E-state index is -0.472. The number of hydrogen-bond donors (Lipinski definition) is 1. The van der Waals surface area contributed by atoms with E-state index in [1.165, 1.54) is 0 Å². The van der Waals surface area contributed by atoms with Gasteiger partial charge >= 0.3 is 12.0 Å². The molecule has 3 amide bonds. The van der Waals surface area contributed by atoms with Crippen LogP contribution in [0, 0.1) is 0 Å². The molecule has 2 aromatic carbocycles. The van der Waals surface area contributed by atoms with E-state index in [-0.39, 0.29) is 25.5 Å². The van der Waals surface area contributed by atoms with E-state index < -0.39 is 17.9 Å². The van der Waals surface area contributed by atoms with Crippen molar-refractivity contribution in [2.75, 3.05) is 13.2 Å². The highest BCUT2D eigenvalue weighted by Crippen LogP contribution is 2.35. The number of ether oxygens (including phenoxy) is 2. The zero-order chi connectivity index (χ0) is 21.7. The van der Waals surface area contributed by atoms with Crippen molar-refractivity contribution in [3.8, 4) is 5.75 Å². The van der Waals surface area contributed by atoms with Crippen molar-refractivity contribution < 1.29 is 23.9 Å². The van der Waals surface area contributed by atoms with Gasteiger partial charge in [0.15, 0.2) is 6.61 Å². The highest BCUT2D eigenvalue weighted by molar-refractivity contribution is 9.11. The third-order valence-corrected chi connectivity index (χ3v) is 5.30. The second kappa shape index (κ2) is 9.90. The van der Waals surface area contributed by atoms with E-state index in [0.29, 0.717) is 20.3 Å². The van der Waals surface area contributed by atoms with Gasteiger partial charge in [0.05, 0.1) is 22.1 Å². The summed E-state index contributed by atoms with van der Waals surface area (Å²) in [4.78, 5) is 37.6. The second-order valence-corrected chi connectivity index (χ2v) is 7.98. The van der Waals surface area contributed by atoms with Gasteiger partial charge in [-0.05, 0) is 68.1 Å². The Morgan fingerprint density at radius 2 is 1.80 bits per heavy atom. The molecule has 0 bridgehead atoms. The molecule has 1 aliphatic heterocycles. The smallest absolute Gasteiger partial charge is 0.344 e. The van der Waals surface area contributed by atoms with E-state index in [1.54, 1.807) is 25.1 Å². The van der Waals surface area contributed by atoms with Crippen LogP contribution in [0.15, 0.2) is 57.1 Å². The Hall–Kier alpha value is -2.65. The fourth-order valence-corrected chi connectivity index (χ4v) is 4.23. The summed E-state index contributed by atoms with van der Waals surface area (Å²) < 4.78 is 11.5. The highest BCUT2D eigenvalue weighted by atomic mass is 79.9. The number of amides is 3. The fraction of sp³-hybridized carbons (Fsp3) is 0.190. The summed E-state index contributed by atoms with van der Waals surface area (Å²) in [6.45, 7) is 1.96. The Balaban J connectivity index is 1.75. The van der Waals surface area contributed by atoms with Crippen molar-refractivity contribution >= 4 is 55.8 Å². The van der Waals surface area contributed by atoms with E-state index in [0.717, 1.165) is 10.5 Å². The molecule has 0 aliphatic carbocycles. The molecule has 7 nitrogen and oxygen atoms in total. The van der Waals surface area contributed by atoms with Gasteiger partial charge in [-0.3, -0.25) is 9.69 Å². The third-order valence-electron chi connectivity index (χ3n) is 4.12. The molecule has 1 N–H and O–H groups in total. The summed E-state index contributed by atoms with van der Waals surface area (Å²) in [7, 11) is 0. The maximum atomic E-state index is 12.7. The predicted molar refractivity (Wildman–Crippen MR) is 117 cm³/mol. The second-order valence-electron chi connectivity index (χ2n) is 6.27. The first-order chi connectivity index (χ1) is 14.4. The lowest BCUT2D eigenvalue weighted by Crippen LogP contribution is -2.30. The molecule has 1 fully saturated rings. The Labute approximate surface area is 190 Å². The number of hydrogen-bond acceptors (Lipinski definition) is 5. The number of rotatable bonds is 7. The Morgan fingerprint density at radius 3 is 2.43 bits per heavy atom. The SMILES string of the molecule is CCOC(=O)COc1c(Br)cc(/C=C2/NC(=O)N(Cc3ccccc3)C2=O)cc1Br. The van der Waals surface area contributed by atoms with Gasteiger partial charge < -0.3 is 14.8 Å². The standard InChI is InChI=1S/C21H18Br2N2O5/c1-2-29-18(26)12-30-19-15(22)8-14(9-16(19)23)10-17-20(27)25(21(28)24-17)11-13-6-4-3-5-7-13/h3-10H,2,11-12H2,1H3,(H,24,28)/b17-10+. The van der Waals surface area contributed by atoms with Crippen LogP contribution in [0.3, 0.4) is 0 Å². The number of benzene rings is 2. The fourth-order valence-electron chi connectivity index (χ4n) is 2.78. The Bertz CT molecular complexity index is 985. The van der Waals surface area contributed by atoms with Crippen LogP contribution >= 0.6 is 31.9 Å². The largest absolute Gasteiger partial charge is 0.480 e. The number of carbonyl (C=O) groups excluding carboxylic acids is 3. The predicted octanol–water partition coefficient (Wildman–Crippen LogP) is 4.25. The summed E-state index contributed by atoms with van der Waals surface area (Å²) in [5.41, 5.74) is 1.69. The molecule has 156 valence electrons. The van der Waals surface area contributed by atoms with E-state index in [9.17, 15) is 14.4 Å². The van der Waals surface area contributed by atoms with Gasteiger partial charge in [0.25, 0.3) is 5.91 Å². The summed E-state index contributed by atoms with van der Waals surface area (Å²) in [5.74, 6) is -0.448. The van der Waals surface area contributed by atoms with Gasteiger partial charge in [0.1, 0.15) is 11.4 Å². The number of urea groups is 1. The minimum absolute atomic E-state index is 0.176. The molecule has 30 heavy (non-hydrogen) atoms. The van der Waals surface area contributed by atoms with Crippen LogP contribution in [0.25, 0.3) is 6.08 Å². The van der Waals surface area contributed by atoms with Gasteiger partial charge in [-0.25, -0.2) is 9.59 Å². The summed E-state index contributed by atoms with van der Waals surface area (Å²) >= 11 is 6.80. The molecule has 0 spiro atoms. The van der Waals surface area contributed by atoms with Crippen molar-refractivity contribution in [1.29, 1.82) is 0 Å². The normalized spacial score (nSPS) is 14.8. The summed E-state index contributed by atoms with van der Waals surface area (Å²) in [6.07, 6.45) is 1.58. The van der Waals surface area contributed by atoms with Crippen LogP contribution in [0.5, 0.6) is 5.75 Å². The molecule has 1 saturated heterocycles. The highest BCUT2D eigenvalue weighted by Gasteiger charge is 2.33. The molecule has 3 rings (SSSR count). The molecular formula is C21H18Br2N2O5. The van der Waals surface area contributed by atoms with E-state index >= 15 is 0 Å². The quantitative estimate of drug-likeness (QED) is 0.324. The molecule has 2 aromatic rings. The first-order valence-electron chi connectivity index (χ1n) is 9.05. The molecule has 9 heteroatoms. The lowest BCUT2D eigenvalue weighted by atomic mass is 10.1. The van der Waals surface area contributed by atoms with Gasteiger partial charge in [-0.2, -0.15) is 0 Å². The molecule has 1 aliphatic rings. The lowest BCUT2D eigenvalue weighted by Gasteiger charge is -2.12. The molecule has 0 aromatic heterocycles.